The minimum absolute atomic E-state index is 0.108. The second kappa shape index (κ2) is 6.18. The summed E-state index contributed by atoms with van der Waals surface area (Å²) >= 11 is 6.04. The van der Waals surface area contributed by atoms with Crippen LogP contribution in [0.1, 0.15) is 24.1 Å². The van der Waals surface area contributed by atoms with E-state index in [4.69, 9.17) is 17.3 Å². The van der Waals surface area contributed by atoms with Gasteiger partial charge in [0.05, 0.1) is 0 Å². The predicted molar refractivity (Wildman–Crippen MR) is 77.6 cm³/mol. The van der Waals surface area contributed by atoms with Gasteiger partial charge in [-0.3, -0.25) is 0 Å². The van der Waals surface area contributed by atoms with Crippen LogP contribution in [0.4, 0.5) is 4.39 Å². The van der Waals surface area contributed by atoms with Crippen molar-refractivity contribution in [2.45, 2.75) is 19.4 Å². The average Bonchev–Trinajstić information content (AvgIpc) is 2.43. The Kier molecular flexibility index (Phi) is 4.56. The summed E-state index contributed by atoms with van der Waals surface area (Å²) in [5, 5.41) is 0.465. The summed E-state index contributed by atoms with van der Waals surface area (Å²) in [7, 11) is 0. The van der Waals surface area contributed by atoms with Crippen LogP contribution in [0.2, 0.25) is 5.02 Å². The second-order valence-electron chi connectivity index (χ2n) is 4.82. The largest absolute Gasteiger partial charge is 0.324 e. The first kappa shape index (κ1) is 14.0. The minimum Gasteiger partial charge on any atom is -0.324 e. The van der Waals surface area contributed by atoms with E-state index in [0.717, 1.165) is 5.56 Å². The molecule has 0 aliphatic carbocycles. The van der Waals surface area contributed by atoms with Crippen LogP contribution >= 0.6 is 11.6 Å². The van der Waals surface area contributed by atoms with E-state index in [1.807, 2.05) is 37.3 Å². The zero-order chi connectivity index (χ0) is 13.8. The molecule has 0 amide bonds. The fourth-order valence-electron chi connectivity index (χ4n) is 2.18. The van der Waals surface area contributed by atoms with Crippen molar-refractivity contribution in [1.29, 1.82) is 0 Å². The summed E-state index contributed by atoms with van der Waals surface area (Å²) in [5.74, 6) is -0.156. The molecule has 0 saturated carbocycles. The van der Waals surface area contributed by atoms with Gasteiger partial charge in [0.2, 0.25) is 0 Å². The van der Waals surface area contributed by atoms with Crippen molar-refractivity contribution in [3.8, 4) is 0 Å². The van der Waals surface area contributed by atoms with Crippen LogP contribution in [0.15, 0.2) is 48.5 Å². The Bertz CT molecular complexity index is 521. The Labute approximate surface area is 118 Å². The molecular weight excluding hydrogens is 261 g/mol. The van der Waals surface area contributed by atoms with Gasteiger partial charge in [-0.25, -0.2) is 4.39 Å². The number of benzene rings is 2. The third-order valence-electron chi connectivity index (χ3n) is 3.39. The third kappa shape index (κ3) is 3.34. The lowest BCUT2D eigenvalue weighted by molar-refractivity contribution is 0.457. The van der Waals surface area contributed by atoms with Gasteiger partial charge in [0.1, 0.15) is 5.82 Å². The van der Waals surface area contributed by atoms with E-state index in [2.05, 4.69) is 0 Å². The van der Waals surface area contributed by atoms with Crippen molar-refractivity contribution >= 4 is 11.6 Å². The van der Waals surface area contributed by atoms with Crippen molar-refractivity contribution in [2.75, 3.05) is 0 Å². The Hall–Kier alpha value is -1.38. The Balaban J connectivity index is 2.15. The maximum atomic E-state index is 13.8. The molecule has 1 nitrogen and oxygen atoms in total. The first-order valence-corrected chi connectivity index (χ1v) is 6.71. The standard InChI is InChI=1S/C16H17ClFN/c1-11(16(19)12-6-3-2-4-7-12)10-13-14(17)8-5-9-15(13)18/h2-9,11,16H,10,19H2,1H3. The Morgan fingerprint density at radius 2 is 1.79 bits per heavy atom. The molecule has 2 N–H and O–H groups in total. The molecule has 0 heterocycles. The number of halogens is 2. The van der Waals surface area contributed by atoms with Gasteiger partial charge in [-0.05, 0) is 30.0 Å². The average molecular weight is 278 g/mol. The van der Waals surface area contributed by atoms with Gasteiger partial charge < -0.3 is 5.73 Å². The molecule has 2 rings (SSSR count). The van der Waals surface area contributed by atoms with Crippen LogP contribution in [0.25, 0.3) is 0 Å². The fraction of sp³-hybridized carbons (Fsp3) is 0.250. The number of hydrogen-bond acceptors (Lipinski definition) is 1. The predicted octanol–water partition coefficient (Wildman–Crippen LogP) is 4.36. The summed E-state index contributed by atoms with van der Waals surface area (Å²) < 4.78 is 13.8. The van der Waals surface area contributed by atoms with E-state index in [0.29, 0.717) is 17.0 Å². The second-order valence-corrected chi connectivity index (χ2v) is 5.23. The summed E-state index contributed by atoms with van der Waals surface area (Å²) in [4.78, 5) is 0. The van der Waals surface area contributed by atoms with E-state index in [1.54, 1.807) is 12.1 Å². The third-order valence-corrected chi connectivity index (χ3v) is 3.74. The molecule has 19 heavy (non-hydrogen) atoms. The van der Waals surface area contributed by atoms with Crippen molar-refractivity contribution in [3.63, 3.8) is 0 Å². The van der Waals surface area contributed by atoms with E-state index in [1.165, 1.54) is 6.07 Å². The lowest BCUT2D eigenvalue weighted by Crippen LogP contribution is -2.21. The molecule has 100 valence electrons. The van der Waals surface area contributed by atoms with Crippen molar-refractivity contribution in [1.82, 2.24) is 0 Å². The van der Waals surface area contributed by atoms with E-state index >= 15 is 0 Å². The molecule has 2 aromatic rings. The molecule has 0 spiro atoms. The summed E-state index contributed by atoms with van der Waals surface area (Å²) in [6.45, 7) is 2.01. The van der Waals surface area contributed by atoms with Crippen LogP contribution in [-0.4, -0.2) is 0 Å². The molecule has 0 aliphatic heterocycles. The topological polar surface area (TPSA) is 26.0 Å². The van der Waals surface area contributed by atoms with Crippen LogP contribution in [0, 0.1) is 11.7 Å². The van der Waals surface area contributed by atoms with Crippen molar-refractivity contribution in [2.24, 2.45) is 11.7 Å². The summed E-state index contributed by atoms with van der Waals surface area (Å²) in [5.41, 5.74) is 7.82. The molecule has 0 fully saturated rings. The summed E-state index contributed by atoms with van der Waals surface area (Å²) in [6, 6.07) is 14.5. The van der Waals surface area contributed by atoms with E-state index < -0.39 is 0 Å². The van der Waals surface area contributed by atoms with Crippen LogP contribution in [0.5, 0.6) is 0 Å². The number of hydrogen-bond donors (Lipinski definition) is 1. The van der Waals surface area contributed by atoms with Crippen molar-refractivity contribution < 1.29 is 4.39 Å². The van der Waals surface area contributed by atoms with Crippen LogP contribution in [-0.2, 0) is 6.42 Å². The van der Waals surface area contributed by atoms with Gasteiger partial charge in [0, 0.05) is 16.6 Å². The van der Waals surface area contributed by atoms with Crippen LogP contribution in [0.3, 0.4) is 0 Å². The smallest absolute Gasteiger partial charge is 0.127 e. The highest BCUT2D eigenvalue weighted by Crippen LogP contribution is 2.27. The normalized spacial score (nSPS) is 14.1. The first-order valence-electron chi connectivity index (χ1n) is 6.33. The highest BCUT2D eigenvalue weighted by Gasteiger charge is 2.18. The molecule has 3 heteroatoms. The van der Waals surface area contributed by atoms with Gasteiger partial charge >= 0.3 is 0 Å². The molecule has 2 atom stereocenters. The lowest BCUT2D eigenvalue weighted by Gasteiger charge is -2.21. The first-order chi connectivity index (χ1) is 9.09. The maximum Gasteiger partial charge on any atom is 0.127 e. The highest BCUT2D eigenvalue weighted by molar-refractivity contribution is 6.31. The molecule has 0 bridgehead atoms. The Morgan fingerprint density at radius 3 is 2.42 bits per heavy atom. The van der Waals surface area contributed by atoms with E-state index in [-0.39, 0.29) is 17.8 Å². The molecule has 0 aliphatic rings. The molecular formula is C16H17ClFN. The minimum atomic E-state index is -0.264. The van der Waals surface area contributed by atoms with Gasteiger partial charge in [-0.15, -0.1) is 0 Å². The summed E-state index contributed by atoms with van der Waals surface area (Å²) in [6.07, 6.45) is 0.529. The lowest BCUT2D eigenvalue weighted by atomic mass is 9.90. The Morgan fingerprint density at radius 1 is 1.11 bits per heavy atom. The van der Waals surface area contributed by atoms with Gasteiger partial charge in [0.25, 0.3) is 0 Å². The fourth-order valence-corrected chi connectivity index (χ4v) is 2.42. The zero-order valence-corrected chi connectivity index (χ0v) is 11.6. The van der Waals surface area contributed by atoms with Gasteiger partial charge in [0.15, 0.2) is 0 Å². The van der Waals surface area contributed by atoms with Crippen LogP contribution < -0.4 is 5.73 Å². The molecule has 0 saturated heterocycles. The highest BCUT2D eigenvalue weighted by atomic mass is 35.5. The molecule has 0 radical (unpaired) electrons. The van der Waals surface area contributed by atoms with E-state index in [9.17, 15) is 4.39 Å². The number of rotatable bonds is 4. The molecule has 2 unspecified atom stereocenters. The van der Waals surface area contributed by atoms with Gasteiger partial charge in [-0.1, -0.05) is 54.9 Å². The monoisotopic (exact) mass is 277 g/mol. The van der Waals surface area contributed by atoms with Crippen molar-refractivity contribution in [3.05, 3.63) is 70.5 Å². The van der Waals surface area contributed by atoms with Gasteiger partial charge in [-0.2, -0.15) is 0 Å². The quantitative estimate of drug-likeness (QED) is 0.883. The number of nitrogens with two attached hydrogens (primary N) is 1. The maximum absolute atomic E-state index is 13.8. The molecule has 0 aromatic heterocycles. The zero-order valence-electron chi connectivity index (χ0n) is 10.8. The SMILES string of the molecule is CC(Cc1c(F)cccc1Cl)C(N)c1ccccc1. The molecule has 2 aromatic carbocycles.